The maximum Gasteiger partial charge on any atom is 0.407 e. The number of fused-ring (bicyclic) bond motifs is 1. The highest BCUT2D eigenvalue weighted by Crippen LogP contribution is 2.29. The maximum atomic E-state index is 11.9. The number of benzene rings is 1. The first kappa shape index (κ1) is 22.4. The molecule has 1 aromatic rings. The number of aryl methyl sites for hydroxylation is 1. The third kappa shape index (κ3) is 6.60. The molecule has 0 fully saturated rings. The van der Waals surface area contributed by atoms with Crippen molar-refractivity contribution >= 4 is 11.9 Å². The van der Waals surface area contributed by atoms with Crippen molar-refractivity contribution in [1.29, 1.82) is 0 Å². The molecule has 6 nitrogen and oxygen atoms in total. The quantitative estimate of drug-likeness (QED) is 0.544. The Labute approximate surface area is 167 Å². The molecule has 6 heteroatoms. The lowest BCUT2D eigenvalue weighted by atomic mass is 9.82. The molecular weight excluding hydrogens is 358 g/mol. The number of ether oxygens (including phenoxy) is 3. The Kier molecular flexibility index (Phi) is 8.01. The van der Waals surface area contributed by atoms with Gasteiger partial charge in [0.2, 0.25) is 0 Å². The van der Waals surface area contributed by atoms with E-state index in [0.717, 1.165) is 12.8 Å². The van der Waals surface area contributed by atoms with Gasteiger partial charge < -0.3 is 19.5 Å². The predicted octanol–water partition coefficient (Wildman–Crippen LogP) is 3.28. The Morgan fingerprint density at radius 1 is 1.21 bits per heavy atom. The summed E-state index contributed by atoms with van der Waals surface area (Å²) in [5.41, 5.74) is 5.49. The van der Waals surface area contributed by atoms with Crippen molar-refractivity contribution in [2.75, 3.05) is 27.1 Å². The van der Waals surface area contributed by atoms with Crippen LogP contribution in [0.4, 0.5) is 4.79 Å². The largest absolute Gasteiger partial charge is 0.444 e. The van der Waals surface area contributed by atoms with Gasteiger partial charge in [-0.3, -0.25) is 4.79 Å². The molecule has 0 atom stereocenters. The topological polar surface area (TPSA) is 73.9 Å². The number of rotatable bonds is 8. The SMILES string of the molecule is COCOCCc1c(CCNC(=O)OC(C)(C)C)cc2c(c1C)CC(=O)CC2. The lowest BCUT2D eigenvalue weighted by molar-refractivity contribution is -0.118. The van der Waals surface area contributed by atoms with Gasteiger partial charge in [-0.15, -0.1) is 0 Å². The summed E-state index contributed by atoms with van der Waals surface area (Å²) in [4.78, 5) is 23.8. The van der Waals surface area contributed by atoms with E-state index >= 15 is 0 Å². The Balaban J connectivity index is 2.12. The number of Topliss-reactive ketones (excluding diaryl/α,β-unsaturated/α-hetero) is 1. The molecule has 0 radical (unpaired) electrons. The second-order valence-electron chi connectivity index (χ2n) is 8.24. The van der Waals surface area contributed by atoms with Crippen molar-refractivity contribution in [1.82, 2.24) is 5.32 Å². The molecule has 0 saturated carbocycles. The van der Waals surface area contributed by atoms with Crippen LogP contribution in [0.5, 0.6) is 0 Å². The van der Waals surface area contributed by atoms with Gasteiger partial charge in [0.05, 0.1) is 6.61 Å². The number of hydrogen-bond acceptors (Lipinski definition) is 5. The van der Waals surface area contributed by atoms with E-state index in [1.165, 1.54) is 27.8 Å². The van der Waals surface area contributed by atoms with Gasteiger partial charge in [0.25, 0.3) is 0 Å². The third-order valence-corrected chi connectivity index (χ3v) is 4.84. The normalized spacial score (nSPS) is 14.0. The lowest BCUT2D eigenvalue weighted by Crippen LogP contribution is -2.33. The number of ketones is 1. The Hall–Kier alpha value is -1.92. The number of carbonyl (C=O) groups excluding carboxylic acids is 2. The zero-order chi connectivity index (χ0) is 20.7. The summed E-state index contributed by atoms with van der Waals surface area (Å²) in [6, 6.07) is 2.21. The Bertz CT molecular complexity index is 706. The van der Waals surface area contributed by atoms with E-state index in [-0.39, 0.29) is 6.79 Å². The molecule has 1 aromatic carbocycles. The molecule has 1 aliphatic rings. The average Bonchev–Trinajstić information content (AvgIpc) is 2.60. The molecule has 0 bridgehead atoms. The van der Waals surface area contributed by atoms with E-state index in [1.54, 1.807) is 7.11 Å². The first-order chi connectivity index (χ1) is 13.2. The summed E-state index contributed by atoms with van der Waals surface area (Å²) in [7, 11) is 1.60. The van der Waals surface area contributed by atoms with Gasteiger partial charge in [-0.25, -0.2) is 4.79 Å². The average molecular weight is 392 g/mol. The van der Waals surface area contributed by atoms with Gasteiger partial charge in [0, 0.05) is 26.5 Å². The fourth-order valence-electron chi connectivity index (χ4n) is 3.58. The van der Waals surface area contributed by atoms with Crippen LogP contribution >= 0.6 is 0 Å². The molecule has 1 aliphatic carbocycles. The van der Waals surface area contributed by atoms with Crippen molar-refractivity contribution in [3.05, 3.63) is 33.9 Å². The van der Waals surface area contributed by atoms with Crippen LogP contribution in [-0.4, -0.2) is 44.5 Å². The molecular formula is C22H33NO5. The number of hydrogen-bond donors (Lipinski definition) is 1. The fourth-order valence-corrected chi connectivity index (χ4v) is 3.58. The van der Waals surface area contributed by atoms with Crippen molar-refractivity contribution < 1.29 is 23.8 Å². The van der Waals surface area contributed by atoms with Crippen molar-refractivity contribution in [3.63, 3.8) is 0 Å². The summed E-state index contributed by atoms with van der Waals surface area (Å²) in [5.74, 6) is 0.302. The summed E-state index contributed by atoms with van der Waals surface area (Å²) >= 11 is 0. The second kappa shape index (κ2) is 10.0. The number of nitrogens with one attached hydrogen (secondary N) is 1. The van der Waals surface area contributed by atoms with E-state index in [0.29, 0.717) is 38.2 Å². The first-order valence-corrected chi connectivity index (χ1v) is 9.89. The lowest BCUT2D eigenvalue weighted by Gasteiger charge is -2.24. The molecule has 0 spiro atoms. The van der Waals surface area contributed by atoms with Gasteiger partial charge in [-0.2, -0.15) is 0 Å². The highest BCUT2D eigenvalue weighted by atomic mass is 16.7. The summed E-state index contributed by atoms with van der Waals surface area (Å²) < 4.78 is 15.7. The monoisotopic (exact) mass is 391 g/mol. The third-order valence-electron chi connectivity index (χ3n) is 4.84. The van der Waals surface area contributed by atoms with Gasteiger partial charge in [-0.1, -0.05) is 6.07 Å². The highest BCUT2D eigenvalue weighted by molar-refractivity contribution is 5.84. The molecule has 0 saturated heterocycles. The fraction of sp³-hybridized carbons (Fsp3) is 0.636. The molecule has 1 amide bonds. The minimum Gasteiger partial charge on any atom is -0.444 e. The maximum absolute atomic E-state index is 11.9. The van der Waals surface area contributed by atoms with Crippen LogP contribution in [0.15, 0.2) is 6.07 Å². The number of alkyl carbamates (subject to hydrolysis) is 1. The van der Waals surface area contributed by atoms with E-state index in [2.05, 4.69) is 18.3 Å². The molecule has 0 heterocycles. The summed E-state index contributed by atoms with van der Waals surface area (Å²) in [6.45, 7) is 8.94. The van der Waals surface area contributed by atoms with Crippen LogP contribution in [-0.2, 0) is 44.7 Å². The van der Waals surface area contributed by atoms with E-state index in [1.807, 2.05) is 20.8 Å². The van der Waals surface area contributed by atoms with Crippen LogP contribution in [0.1, 0.15) is 55.0 Å². The molecule has 0 aliphatic heterocycles. The van der Waals surface area contributed by atoms with Gasteiger partial charge in [-0.05, 0) is 74.8 Å². The second-order valence-corrected chi connectivity index (χ2v) is 8.24. The van der Waals surface area contributed by atoms with Gasteiger partial charge in [0.1, 0.15) is 18.2 Å². The minimum atomic E-state index is -0.511. The van der Waals surface area contributed by atoms with Crippen molar-refractivity contribution in [3.8, 4) is 0 Å². The smallest absolute Gasteiger partial charge is 0.407 e. The zero-order valence-corrected chi connectivity index (χ0v) is 17.8. The number of carbonyl (C=O) groups is 2. The molecule has 1 N–H and O–H groups in total. The molecule has 2 rings (SSSR count). The zero-order valence-electron chi connectivity index (χ0n) is 17.8. The summed E-state index contributed by atoms with van der Waals surface area (Å²) in [6.07, 6.45) is 2.97. The number of methoxy groups -OCH3 is 1. The van der Waals surface area contributed by atoms with Gasteiger partial charge >= 0.3 is 6.09 Å². The Morgan fingerprint density at radius 2 is 1.96 bits per heavy atom. The predicted molar refractivity (Wildman–Crippen MR) is 108 cm³/mol. The van der Waals surface area contributed by atoms with Crippen LogP contribution < -0.4 is 5.32 Å². The van der Waals surface area contributed by atoms with E-state index in [9.17, 15) is 9.59 Å². The van der Waals surface area contributed by atoms with Crippen molar-refractivity contribution in [2.45, 2.75) is 65.4 Å². The minimum absolute atomic E-state index is 0.262. The molecule has 0 unspecified atom stereocenters. The first-order valence-electron chi connectivity index (χ1n) is 9.89. The molecule has 28 heavy (non-hydrogen) atoms. The molecule has 0 aromatic heterocycles. The highest BCUT2D eigenvalue weighted by Gasteiger charge is 2.22. The standard InChI is InChI=1S/C22H33NO5/c1-15-19(9-11-27-14-26-5)17(8-10-23-21(25)28-22(2,3)4)12-16-6-7-18(24)13-20(15)16/h12H,6-11,13-14H2,1-5H3,(H,23,25). The molecule has 156 valence electrons. The van der Waals surface area contributed by atoms with Crippen LogP contribution in [0, 0.1) is 6.92 Å². The van der Waals surface area contributed by atoms with Crippen LogP contribution in [0.3, 0.4) is 0 Å². The Morgan fingerprint density at radius 3 is 2.64 bits per heavy atom. The number of amides is 1. The van der Waals surface area contributed by atoms with Gasteiger partial charge in [0.15, 0.2) is 0 Å². The summed E-state index contributed by atoms with van der Waals surface area (Å²) in [5, 5.41) is 2.83. The van der Waals surface area contributed by atoms with E-state index in [4.69, 9.17) is 14.2 Å². The van der Waals surface area contributed by atoms with E-state index < -0.39 is 11.7 Å². The van der Waals surface area contributed by atoms with Crippen LogP contribution in [0.2, 0.25) is 0 Å². The van der Waals surface area contributed by atoms with Crippen LogP contribution in [0.25, 0.3) is 0 Å². The van der Waals surface area contributed by atoms with Crippen molar-refractivity contribution in [2.24, 2.45) is 0 Å².